The van der Waals surface area contributed by atoms with Crippen molar-refractivity contribution >= 4 is 28.9 Å². The lowest BCUT2D eigenvalue weighted by atomic mass is 9.96. The molecule has 1 N–H and O–H groups in total. The van der Waals surface area contributed by atoms with Gasteiger partial charge in [-0.15, -0.1) is 0 Å². The zero-order chi connectivity index (χ0) is 23.8. The summed E-state index contributed by atoms with van der Waals surface area (Å²) in [6.07, 6.45) is 1.84. The Labute approximate surface area is 211 Å². The van der Waals surface area contributed by atoms with E-state index in [1.807, 2.05) is 36.5 Å². The monoisotopic (exact) mass is 486 g/mol. The fourth-order valence-electron chi connectivity index (χ4n) is 4.99. The van der Waals surface area contributed by atoms with Gasteiger partial charge in [0.1, 0.15) is 0 Å². The molecular formula is C28H27ClN4S. The number of aromatic nitrogens is 2. The summed E-state index contributed by atoms with van der Waals surface area (Å²) in [5.74, 6) is 0. The van der Waals surface area contributed by atoms with Crippen molar-refractivity contribution in [1.82, 2.24) is 19.8 Å². The predicted octanol–water partition coefficient (Wildman–Crippen LogP) is 6.62. The van der Waals surface area contributed by atoms with Gasteiger partial charge in [-0.1, -0.05) is 54.1 Å². The second-order valence-corrected chi connectivity index (χ2v) is 9.58. The zero-order valence-electron chi connectivity index (χ0n) is 19.5. The summed E-state index contributed by atoms with van der Waals surface area (Å²) in [7, 11) is 0. The molecule has 0 unspecified atom stereocenters. The molecule has 0 radical (unpaired) electrons. The highest BCUT2D eigenvalue weighted by Crippen LogP contribution is 2.42. The number of nitrogens with zero attached hydrogens (tertiary/aromatic N) is 3. The Kier molecular flexibility index (Phi) is 6.15. The Bertz CT molecular complexity index is 1330. The summed E-state index contributed by atoms with van der Waals surface area (Å²) in [4.78, 5) is 6.97. The van der Waals surface area contributed by atoms with Gasteiger partial charge in [0.2, 0.25) is 0 Å². The van der Waals surface area contributed by atoms with Crippen molar-refractivity contribution in [3.05, 3.63) is 118 Å². The van der Waals surface area contributed by atoms with Crippen LogP contribution in [0.25, 0.3) is 5.69 Å². The van der Waals surface area contributed by atoms with Gasteiger partial charge < -0.3 is 14.8 Å². The van der Waals surface area contributed by atoms with Crippen molar-refractivity contribution in [3.8, 4) is 5.69 Å². The molecule has 1 aliphatic heterocycles. The lowest BCUT2D eigenvalue weighted by Crippen LogP contribution is -2.29. The Morgan fingerprint density at radius 1 is 0.971 bits per heavy atom. The van der Waals surface area contributed by atoms with Crippen molar-refractivity contribution in [3.63, 3.8) is 0 Å². The number of rotatable bonds is 5. The van der Waals surface area contributed by atoms with E-state index >= 15 is 0 Å². The lowest BCUT2D eigenvalue weighted by molar-refractivity contribution is 0.310. The van der Waals surface area contributed by atoms with Crippen LogP contribution in [0.3, 0.4) is 0 Å². The van der Waals surface area contributed by atoms with Crippen molar-refractivity contribution < 1.29 is 0 Å². The van der Waals surface area contributed by atoms with Gasteiger partial charge in [-0.3, -0.25) is 4.98 Å². The molecule has 1 saturated heterocycles. The number of benzene rings is 2. The molecule has 172 valence electrons. The van der Waals surface area contributed by atoms with Crippen molar-refractivity contribution in [2.75, 3.05) is 0 Å². The maximum absolute atomic E-state index is 6.48. The first-order chi connectivity index (χ1) is 16.5. The minimum atomic E-state index is -0.0492. The molecule has 3 heterocycles. The molecule has 6 heteroatoms. The summed E-state index contributed by atoms with van der Waals surface area (Å²) < 4.78 is 2.30. The van der Waals surface area contributed by atoms with Crippen LogP contribution < -0.4 is 5.32 Å². The van der Waals surface area contributed by atoms with Crippen molar-refractivity contribution in [2.45, 2.75) is 39.4 Å². The molecule has 0 amide bonds. The molecule has 0 bridgehead atoms. The average Bonchev–Trinajstić information content (AvgIpc) is 3.32. The van der Waals surface area contributed by atoms with E-state index in [-0.39, 0.29) is 12.1 Å². The molecule has 1 aliphatic rings. The van der Waals surface area contributed by atoms with Crippen LogP contribution in [-0.2, 0) is 6.54 Å². The number of hydrogen-bond acceptors (Lipinski definition) is 2. The predicted molar refractivity (Wildman–Crippen MR) is 142 cm³/mol. The highest BCUT2D eigenvalue weighted by molar-refractivity contribution is 7.80. The van der Waals surface area contributed by atoms with Crippen LogP contribution in [0.5, 0.6) is 0 Å². The molecule has 2 atom stereocenters. The third-order valence-corrected chi connectivity index (χ3v) is 7.42. The summed E-state index contributed by atoms with van der Waals surface area (Å²) in [5, 5.41) is 5.08. The standard InChI is InChI=1S/C28H27ClN4S/c1-18-16-22(20(3)33(18)25-14-9-12-23(29)19(25)2)27-26(24-13-7-8-15-30-24)31-28(34)32(27)17-21-10-5-4-6-11-21/h4-16,26-27H,17H2,1-3H3,(H,31,34)/t26-,27+/m1/s1. The van der Waals surface area contributed by atoms with E-state index in [4.69, 9.17) is 23.8 Å². The fourth-order valence-corrected chi connectivity index (χ4v) is 5.47. The number of hydrogen-bond donors (Lipinski definition) is 1. The van der Waals surface area contributed by atoms with Crippen LogP contribution in [0, 0.1) is 20.8 Å². The summed E-state index contributed by atoms with van der Waals surface area (Å²) in [6.45, 7) is 7.12. The van der Waals surface area contributed by atoms with Gasteiger partial charge >= 0.3 is 0 Å². The Morgan fingerprint density at radius 2 is 1.74 bits per heavy atom. The van der Waals surface area contributed by atoms with Crippen LogP contribution in [0.2, 0.25) is 5.02 Å². The van der Waals surface area contributed by atoms with Crippen molar-refractivity contribution in [2.24, 2.45) is 0 Å². The number of pyridine rings is 1. The molecule has 0 saturated carbocycles. The van der Waals surface area contributed by atoms with Crippen LogP contribution in [-0.4, -0.2) is 19.6 Å². The van der Waals surface area contributed by atoms with E-state index in [0.29, 0.717) is 0 Å². The van der Waals surface area contributed by atoms with Gasteiger partial charge in [-0.2, -0.15) is 0 Å². The van der Waals surface area contributed by atoms with Crippen LogP contribution in [0.1, 0.15) is 45.9 Å². The molecule has 5 rings (SSSR count). The van der Waals surface area contributed by atoms with Gasteiger partial charge in [-0.05, 0) is 80.0 Å². The van der Waals surface area contributed by atoms with E-state index in [2.05, 4.69) is 83.0 Å². The number of thiocarbonyl (C=S) groups is 1. The van der Waals surface area contributed by atoms with E-state index in [1.165, 1.54) is 16.8 Å². The summed E-state index contributed by atoms with van der Waals surface area (Å²) in [6, 6.07) is 24.8. The maximum atomic E-state index is 6.48. The van der Waals surface area contributed by atoms with Gasteiger partial charge in [0.05, 0.1) is 17.8 Å². The SMILES string of the molecule is Cc1c(Cl)cccc1-n1c(C)cc([C@H]2[C@@H](c3ccccn3)NC(=S)N2Cc2ccccc2)c1C. The lowest BCUT2D eigenvalue weighted by Gasteiger charge is -2.28. The molecule has 4 nitrogen and oxygen atoms in total. The number of nitrogens with one attached hydrogen (secondary N) is 1. The number of halogens is 1. The number of aryl methyl sites for hydroxylation is 1. The fraction of sp³-hybridized carbons (Fsp3) is 0.214. The largest absolute Gasteiger partial charge is 0.352 e. The smallest absolute Gasteiger partial charge is 0.170 e. The van der Waals surface area contributed by atoms with E-state index in [0.717, 1.165) is 39.3 Å². The molecule has 34 heavy (non-hydrogen) atoms. The maximum Gasteiger partial charge on any atom is 0.170 e. The minimum Gasteiger partial charge on any atom is -0.352 e. The second kappa shape index (κ2) is 9.24. The van der Waals surface area contributed by atoms with Gasteiger partial charge in [0, 0.05) is 34.8 Å². The van der Waals surface area contributed by atoms with Gasteiger partial charge in [0.25, 0.3) is 0 Å². The van der Waals surface area contributed by atoms with E-state index in [9.17, 15) is 0 Å². The van der Waals surface area contributed by atoms with Gasteiger partial charge in [0.15, 0.2) is 5.11 Å². The van der Waals surface area contributed by atoms with E-state index < -0.39 is 0 Å². The molecule has 4 aromatic rings. The third-order valence-electron chi connectivity index (χ3n) is 6.66. The van der Waals surface area contributed by atoms with Crippen LogP contribution in [0.15, 0.2) is 79.0 Å². The highest BCUT2D eigenvalue weighted by Gasteiger charge is 2.41. The Balaban J connectivity index is 1.64. The van der Waals surface area contributed by atoms with E-state index in [1.54, 1.807) is 0 Å². The Hall–Kier alpha value is -3.15. The molecule has 2 aromatic heterocycles. The zero-order valence-corrected chi connectivity index (χ0v) is 21.1. The van der Waals surface area contributed by atoms with Crippen LogP contribution in [0.4, 0.5) is 0 Å². The topological polar surface area (TPSA) is 33.1 Å². The van der Waals surface area contributed by atoms with Gasteiger partial charge in [-0.25, -0.2) is 0 Å². The second-order valence-electron chi connectivity index (χ2n) is 8.79. The third kappa shape index (κ3) is 3.99. The molecular weight excluding hydrogens is 460 g/mol. The highest BCUT2D eigenvalue weighted by atomic mass is 35.5. The summed E-state index contributed by atoms with van der Waals surface area (Å²) in [5.41, 5.74) is 7.95. The first kappa shape index (κ1) is 22.6. The van der Waals surface area contributed by atoms with Crippen LogP contribution >= 0.6 is 23.8 Å². The molecule has 0 aliphatic carbocycles. The molecule has 2 aromatic carbocycles. The quantitative estimate of drug-likeness (QED) is 0.321. The first-order valence-corrected chi connectivity index (χ1v) is 12.2. The Morgan fingerprint density at radius 3 is 2.47 bits per heavy atom. The molecule has 1 fully saturated rings. The summed E-state index contributed by atoms with van der Waals surface area (Å²) >= 11 is 12.4. The minimum absolute atomic E-state index is 0.00189. The first-order valence-electron chi connectivity index (χ1n) is 11.4. The average molecular weight is 487 g/mol. The van der Waals surface area contributed by atoms with Crippen molar-refractivity contribution in [1.29, 1.82) is 0 Å². The normalized spacial score (nSPS) is 17.8. The molecule has 0 spiro atoms.